The summed E-state index contributed by atoms with van der Waals surface area (Å²) >= 11 is 0. The molecule has 9 heteroatoms. The molecule has 1 atom stereocenters. The molecular weight excluding hydrogens is 436 g/mol. The first-order valence-electron chi connectivity index (χ1n) is 10.8. The Morgan fingerprint density at radius 3 is 2.47 bits per heavy atom. The Hall–Kier alpha value is -2.36. The van der Waals surface area contributed by atoms with Crippen LogP contribution in [0.5, 0.6) is 0 Å². The van der Waals surface area contributed by atoms with Crippen LogP contribution < -0.4 is 5.32 Å². The molecule has 1 fully saturated rings. The lowest BCUT2D eigenvalue weighted by molar-refractivity contribution is -0.123. The quantitative estimate of drug-likeness (QED) is 0.715. The highest BCUT2D eigenvalue weighted by Crippen LogP contribution is 2.26. The first-order valence-corrected chi connectivity index (χ1v) is 12.3. The molecule has 1 aliphatic carbocycles. The summed E-state index contributed by atoms with van der Waals surface area (Å²) in [6.45, 7) is 3.17. The van der Waals surface area contributed by atoms with Gasteiger partial charge in [0.2, 0.25) is 15.9 Å². The number of sulfonamides is 1. The lowest BCUT2D eigenvalue weighted by Crippen LogP contribution is -2.51. The molecule has 6 nitrogen and oxygen atoms in total. The first kappa shape index (κ1) is 22.8. The topological polar surface area (TPSA) is 69.7 Å². The molecule has 4 rings (SSSR count). The fraction of sp³-hybridized carbons (Fsp3) is 0.435. The van der Waals surface area contributed by atoms with Crippen LogP contribution in [0.15, 0.2) is 41.3 Å². The number of benzene rings is 2. The number of aryl methyl sites for hydroxylation is 2. The Balaban J connectivity index is 1.31. The summed E-state index contributed by atoms with van der Waals surface area (Å²) in [5.41, 5.74) is 2.56. The van der Waals surface area contributed by atoms with Crippen molar-refractivity contribution in [3.63, 3.8) is 0 Å². The molecule has 1 N–H and O–H groups in total. The Labute approximate surface area is 187 Å². The molecule has 1 aliphatic heterocycles. The monoisotopic (exact) mass is 463 g/mol. The Bertz CT molecular complexity index is 1120. The highest BCUT2D eigenvalue weighted by Gasteiger charge is 2.30. The molecule has 2 aliphatic rings. The van der Waals surface area contributed by atoms with E-state index in [-0.39, 0.29) is 18.0 Å². The molecule has 0 aromatic heterocycles. The third-order valence-corrected chi connectivity index (χ3v) is 8.11. The third kappa shape index (κ3) is 4.84. The minimum absolute atomic E-state index is 0.0832. The molecule has 0 bridgehead atoms. The highest BCUT2D eigenvalue weighted by atomic mass is 32.2. The molecule has 0 radical (unpaired) electrons. The molecular formula is C23H27F2N3O3S. The molecule has 1 amide bonds. The van der Waals surface area contributed by atoms with Crippen LogP contribution in [0.2, 0.25) is 0 Å². The zero-order valence-corrected chi connectivity index (χ0v) is 18.8. The maximum atomic E-state index is 13.9. The van der Waals surface area contributed by atoms with Gasteiger partial charge in [-0.05, 0) is 55.5 Å². The van der Waals surface area contributed by atoms with Crippen molar-refractivity contribution in [2.45, 2.75) is 37.1 Å². The fourth-order valence-corrected chi connectivity index (χ4v) is 5.88. The predicted octanol–water partition coefficient (Wildman–Crippen LogP) is 2.64. The van der Waals surface area contributed by atoms with Gasteiger partial charge in [0.25, 0.3) is 0 Å². The Morgan fingerprint density at radius 2 is 1.75 bits per heavy atom. The minimum Gasteiger partial charge on any atom is -0.348 e. The average molecular weight is 464 g/mol. The number of hydrogen-bond acceptors (Lipinski definition) is 4. The number of hydrogen-bond donors (Lipinski definition) is 1. The largest absolute Gasteiger partial charge is 0.348 e. The number of piperazine rings is 1. The van der Waals surface area contributed by atoms with Crippen LogP contribution in [0.4, 0.5) is 8.78 Å². The van der Waals surface area contributed by atoms with Crippen LogP contribution in [0.1, 0.15) is 36.1 Å². The highest BCUT2D eigenvalue weighted by molar-refractivity contribution is 7.89. The maximum absolute atomic E-state index is 13.9. The third-order valence-electron chi connectivity index (χ3n) is 6.21. The summed E-state index contributed by atoms with van der Waals surface area (Å²) in [6.07, 6.45) is 2.98. The van der Waals surface area contributed by atoms with Gasteiger partial charge in [-0.2, -0.15) is 4.31 Å². The standard InChI is InChI=1S/C23H27F2N3O3S/c1-16(21-8-6-19(24)14-22(21)25)26-23(29)15-27-9-11-28(12-10-27)32(30,31)20-7-5-17-3-2-4-18(17)13-20/h5-8,13-14,16H,2-4,9-12,15H2,1H3,(H,26,29). The van der Waals surface area contributed by atoms with E-state index in [0.717, 1.165) is 37.0 Å². The van der Waals surface area contributed by atoms with E-state index in [9.17, 15) is 22.0 Å². The van der Waals surface area contributed by atoms with E-state index in [1.165, 1.54) is 15.9 Å². The summed E-state index contributed by atoms with van der Waals surface area (Å²) in [5, 5.41) is 2.72. The number of halogens is 2. The fourth-order valence-electron chi connectivity index (χ4n) is 4.41. The van der Waals surface area contributed by atoms with Crippen LogP contribution in [0.3, 0.4) is 0 Å². The molecule has 2 aromatic carbocycles. The summed E-state index contributed by atoms with van der Waals surface area (Å²) in [7, 11) is -3.57. The van der Waals surface area contributed by atoms with Crippen LogP contribution >= 0.6 is 0 Å². The van der Waals surface area contributed by atoms with E-state index in [1.807, 2.05) is 11.0 Å². The number of nitrogens with zero attached hydrogens (tertiary/aromatic N) is 2. The van der Waals surface area contributed by atoms with Crippen LogP contribution in [0.25, 0.3) is 0 Å². The smallest absolute Gasteiger partial charge is 0.243 e. The second-order valence-corrected chi connectivity index (χ2v) is 10.4. The van der Waals surface area contributed by atoms with Crippen LogP contribution in [0, 0.1) is 11.6 Å². The van der Waals surface area contributed by atoms with Crippen molar-refractivity contribution in [1.29, 1.82) is 0 Å². The zero-order chi connectivity index (χ0) is 22.9. The van der Waals surface area contributed by atoms with Crippen LogP contribution in [-0.2, 0) is 27.7 Å². The van der Waals surface area contributed by atoms with Gasteiger partial charge in [0, 0.05) is 37.8 Å². The maximum Gasteiger partial charge on any atom is 0.243 e. The molecule has 32 heavy (non-hydrogen) atoms. The normalized spacial score (nSPS) is 18.3. The van der Waals surface area contributed by atoms with Crippen molar-refractivity contribution in [2.75, 3.05) is 32.7 Å². The van der Waals surface area contributed by atoms with E-state index >= 15 is 0 Å². The van der Waals surface area contributed by atoms with Crippen molar-refractivity contribution in [1.82, 2.24) is 14.5 Å². The van der Waals surface area contributed by atoms with Gasteiger partial charge in [0.05, 0.1) is 17.5 Å². The molecule has 2 aromatic rings. The van der Waals surface area contributed by atoms with Gasteiger partial charge in [-0.1, -0.05) is 12.1 Å². The number of nitrogens with one attached hydrogen (secondary N) is 1. The van der Waals surface area contributed by atoms with Crippen LogP contribution in [-0.4, -0.2) is 56.3 Å². The van der Waals surface area contributed by atoms with Crippen molar-refractivity contribution in [2.24, 2.45) is 0 Å². The van der Waals surface area contributed by atoms with Gasteiger partial charge < -0.3 is 5.32 Å². The lowest BCUT2D eigenvalue weighted by atomic mass is 10.1. The number of rotatable bonds is 6. The van der Waals surface area contributed by atoms with Gasteiger partial charge >= 0.3 is 0 Å². The molecule has 0 saturated carbocycles. The average Bonchev–Trinajstić information content (AvgIpc) is 3.22. The molecule has 172 valence electrons. The Kier molecular flexibility index (Phi) is 6.60. The van der Waals surface area contributed by atoms with Crippen molar-refractivity contribution in [3.8, 4) is 0 Å². The minimum atomic E-state index is -3.57. The van der Waals surface area contributed by atoms with E-state index in [4.69, 9.17) is 0 Å². The van der Waals surface area contributed by atoms with Crippen molar-refractivity contribution >= 4 is 15.9 Å². The van der Waals surface area contributed by atoms with Gasteiger partial charge in [-0.25, -0.2) is 17.2 Å². The van der Waals surface area contributed by atoms with Gasteiger partial charge in [-0.3, -0.25) is 9.69 Å². The SMILES string of the molecule is CC(NC(=O)CN1CCN(S(=O)(=O)c2ccc3c(c2)CCC3)CC1)c1ccc(F)cc1F. The predicted molar refractivity (Wildman–Crippen MR) is 117 cm³/mol. The second kappa shape index (κ2) is 9.25. The Morgan fingerprint density at radius 1 is 1.03 bits per heavy atom. The molecule has 1 heterocycles. The van der Waals surface area contributed by atoms with E-state index in [2.05, 4.69) is 5.32 Å². The molecule has 1 unspecified atom stereocenters. The number of amides is 1. The molecule has 0 spiro atoms. The summed E-state index contributed by atoms with van der Waals surface area (Å²) in [5.74, 6) is -1.67. The number of fused-ring (bicyclic) bond motifs is 1. The van der Waals surface area contributed by atoms with Crippen molar-refractivity contribution in [3.05, 3.63) is 64.7 Å². The van der Waals surface area contributed by atoms with Gasteiger partial charge in [0.1, 0.15) is 11.6 Å². The lowest BCUT2D eigenvalue weighted by Gasteiger charge is -2.33. The summed E-state index contributed by atoms with van der Waals surface area (Å²) in [6, 6.07) is 8.06. The molecule has 1 saturated heterocycles. The van der Waals surface area contributed by atoms with E-state index in [0.29, 0.717) is 31.1 Å². The second-order valence-electron chi connectivity index (χ2n) is 8.42. The van der Waals surface area contributed by atoms with Crippen molar-refractivity contribution < 1.29 is 22.0 Å². The number of carbonyl (C=O) groups is 1. The summed E-state index contributed by atoms with van der Waals surface area (Å²) < 4.78 is 54.5. The van der Waals surface area contributed by atoms with Gasteiger partial charge in [0.15, 0.2) is 0 Å². The van der Waals surface area contributed by atoms with Gasteiger partial charge in [-0.15, -0.1) is 0 Å². The van der Waals surface area contributed by atoms with E-state index < -0.39 is 27.7 Å². The van der Waals surface area contributed by atoms with E-state index in [1.54, 1.807) is 19.1 Å². The number of carbonyl (C=O) groups excluding carboxylic acids is 1. The first-order chi connectivity index (χ1) is 15.2. The summed E-state index contributed by atoms with van der Waals surface area (Å²) in [4.78, 5) is 14.6. The zero-order valence-electron chi connectivity index (χ0n) is 18.0.